The van der Waals surface area contributed by atoms with Gasteiger partial charge in [-0.2, -0.15) is 0 Å². The summed E-state index contributed by atoms with van der Waals surface area (Å²) >= 11 is 0. The first kappa shape index (κ1) is 21.0. The Balaban J connectivity index is 0.00000312. The zero-order valence-electron chi connectivity index (χ0n) is 15.7. The molecular formula is C21H26ClNO2. The third-order valence-corrected chi connectivity index (χ3v) is 3.93. The van der Waals surface area contributed by atoms with E-state index in [2.05, 4.69) is 4.99 Å². The smallest absolute Gasteiger partial charge is 0.186 e. The first-order valence-electron chi connectivity index (χ1n) is 8.15. The van der Waals surface area contributed by atoms with E-state index in [1.807, 2.05) is 53.7 Å². The molecule has 2 rings (SSSR count). The molecule has 134 valence electrons. The first-order valence-corrected chi connectivity index (χ1v) is 8.15. The number of aliphatic imine (C=N–C) groups is 1. The molecule has 0 aromatic rings. The standard InChI is InChI=1S/C21H25NO2.ClH/c1-20(2,3)17-11-14(12-18(19(17)24)21(4,5)6)13-22-15-7-9-16(23)10-8-15;/h7-13H,1-6H3;1H. The predicted octanol–water partition coefficient (Wildman–Crippen LogP) is 4.96. The fraction of sp³-hybridized carbons (Fsp3) is 0.381. The Hall–Kier alpha value is -2.00. The van der Waals surface area contributed by atoms with Gasteiger partial charge in [0, 0.05) is 17.3 Å². The number of rotatable bonds is 1. The molecule has 0 aliphatic heterocycles. The van der Waals surface area contributed by atoms with Crippen molar-refractivity contribution >= 4 is 29.7 Å². The van der Waals surface area contributed by atoms with E-state index < -0.39 is 0 Å². The summed E-state index contributed by atoms with van der Waals surface area (Å²) in [5.41, 5.74) is 2.75. The SMILES string of the molecule is CC(C)(C)C1=CC(=CN=C2C=CC(=O)C=C2)C=C(C(C)(C)C)C1=O.Cl. The Kier molecular flexibility index (Phi) is 6.30. The maximum atomic E-state index is 12.8. The summed E-state index contributed by atoms with van der Waals surface area (Å²) in [6, 6.07) is 0. The lowest BCUT2D eigenvalue weighted by Crippen LogP contribution is -2.27. The van der Waals surface area contributed by atoms with Crippen molar-refractivity contribution in [3.63, 3.8) is 0 Å². The molecule has 0 aromatic heterocycles. The van der Waals surface area contributed by atoms with Crippen LogP contribution < -0.4 is 0 Å². The molecule has 0 fully saturated rings. The summed E-state index contributed by atoms with van der Waals surface area (Å²) in [6.07, 6.45) is 12.0. The van der Waals surface area contributed by atoms with Crippen molar-refractivity contribution in [2.75, 3.05) is 0 Å². The van der Waals surface area contributed by atoms with Crippen molar-refractivity contribution in [1.82, 2.24) is 0 Å². The molecule has 0 unspecified atom stereocenters. The lowest BCUT2D eigenvalue weighted by atomic mass is 9.72. The minimum Gasteiger partial charge on any atom is -0.290 e. The number of halogens is 1. The molecule has 0 aromatic carbocycles. The van der Waals surface area contributed by atoms with Gasteiger partial charge >= 0.3 is 0 Å². The zero-order chi connectivity index (χ0) is 18.1. The molecule has 0 heterocycles. The largest absolute Gasteiger partial charge is 0.290 e. The quantitative estimate of drug-likeness (QED) is 0.621. The molecule has 0 bridgehead atoms. The number of carbonyl (C=O) groups is 2. The van der Waals surface area contributed by atoms with E-state index in [0.29, 0.717) is 0 Å². The summed E-state index contributed by atoms with van der Waals surface area (Å²) in [6.45, 7) is 12.3. The highest BCUT2D eigenvalue weighted by Gasteiger charge is 2.33. The van der Waals surface area contributed by atoms with Gasteiger partial charge in [-0.25, -0.2) is 0 Å². The highest BCUT2D eigenvalue weighted by atomic mass is 35.5. The summed E-state index contributed by atoms with van der Waals surface area (Å²) < 4.78 is 0. The highest BCUT2D eigenvalue weighted by molar-refractivity contribution is 6.16. The molecule has 0 spiro atoms. The second kappa shape index (κ2) is 7.49. The molecule has 0 saturated heterocycles. The van der Waals surface area contributed by atoms with Crippen molar-refractivity contribution in [1.29, 1.82) is 0 Å². The third kappa shape index (κ3) is 5.23. The van der Waals surface area contributed by atoms with Gasteiger partial charge in [-0.15, -0.1) is 12.4 Å². The van der Waals surface area contributed by atoms with Crippen LogP contribution in [0.15, 0.2) is 64.4 Å². The minimum atomic E-state index is -0.231. The topological polar surface area (TPSA) is 46.5 Å². The summed E-state index contributed by atoms with van der Waals surface area (Å²) in [4.78, 5) is 28.4. The lowest BCUT2D eigenvalue weighted by molar-refractivity contribution is -0.114. The van der Waals surface area contributed by atoms with Crippen molar-refractivity contribution in [3.8, 4) is 0 Å². The number of carbonyl (C=O) groups excluding carboxylic acids is 2. The number of allylic oxidation sites excluding steroid dienone is 9. The summed E-state index contributed by atoms with van der Waals surface area (Å²) in [5.74, 6) is 0.0811. The second-order valence-corrected chi connectivity index (χ2v) is 8.20. The van der Waals surface area contributed by atoms with E-state index in [1.165, 1.54) is 12.2 Å². The van der Waals surface area contributed by atoms with Gasteiger partial charge in [0.15, 0.2) is 11.6 Å². The minimum absolute atomic E-state index is 0. The molecule has 25 heavy (non-hydrogen) atoms. The monoisotopic (exact) mass is 359 g/mol. The molecule has 0 N–H and O–H groups in total. The van der Waals surface area contributed by atoms with Crippen molar-refractivity contribution in [2.45, 2.75) is 41.5 Å². The van der Waals surface area contributed by atoms with Gasteiger partial charge in [0.25, 0.3) is 0 Å². The van der Waals surface area contributed by atoms with Crippen molar-refractivity contribution in [2.24, 2.45) is 15.8 Å². The Morgan fingerprint density at radius 1 is 0.800 bits per heavy atom. The van der Waals surface area contributed by atoms with Crippen LogP contribution in [-0.4, -0.2) is 17.3 Å². The third-order valence-electron chi connectivity index (χ3n) is 3.93. The maximum absolute atomic E-state index is 12.8. The van der Waals surface area contributed by atoms with E-state index in [-0.39, 0.29) is 34.8 Å². The average Bonchev–Trinajstić information content (AvgIpc) is 2.45. The predicted molar refractivity (Wildman–Crippen MR) is 106 cm³/mol. The van der Waals surface area contributed by atoms with E-state index in [0.717, 1.165) is 22.4 Å². The Morgan fingerprint density at radius 3 is 1.64 bits per heavy atom. The van der Waals surface area contributed by atoms with Gasteiger partial charge in [-0.1, -0.05) is 41.5 Å². The van der Waals surface area contributed by atoms with Gasteiger partial charge < -0.3 is 0 Å². The number of hydrogen-bond acceptors (Lipinski definition) is 3. The van der Waals surface area contributed by atoms with Crippen LogP contribution in [-0.2, 0) is 9.59 Å². The van der Waals surface area contributed by atoms with Gasteiger partial charge in [0.2, 0.25) is 0 Å². The van der Waals surface area contributed by atoms with Gasteiger partial charge in [-0.05, 0) is 52.9 Å². The normalized spacial score (nSPS) is 17.8. The van der Waals surface area contributed by atoms with Gasteiger partial charge in [0.05, 0.1) is 5.71 Å². The van der Waals surface area contributed by atoms with Crippen LogP contribution >= 0.6 is 12.4 Å². The highest BCUT2D eigenvalue weighted by Crippen LogP contribution is 2.38. The summed E-state index contributed by atoms with van der Waals surface area (Å²) in [5, 5.41) is 0. The number of nitrogens with zero attached hydrogens (tertiary/aromatic N) is 1. The van der Waals surface area contributed by atoms with Crippen LogP contribution in [0.3, 0.4) is 0 Å². The zero-order valence-corrected chi connectivity index (χ0v) is 16.5. The molecule has 3 nitrogen and oxygen atoms in total. The maximum Gasteiger partial charge on any atom is 0.186 e. The molecule has 4 heteroatoms. The van der Waals surface area contributed by atoms with Gasteiger partial charge in [-0.3, -0.25) is 14.6 Å². The average molecular weight is 360 g/mol. The lowest BCUT2D eigenvalue weighted by Gasteiger charge is -2.31. The van der Waals surface area contributed by atoms with Gasteiger partial charge in [0.1, 0.15) is 0 Å². The second-order valence-electron chi connectivity index (χ2n) is 8.20. The number of Topliss-reactive ketones (excluding diaryl/α,β-unsaturated/α-hetero) is 1. The van der Waals surface area contributed by atoms with Crippen LogP contribution in [0.1, 0.15) is 41.5 Å². The van der Waals surface area contributed by atoms with Crippen LogP contribution in [0.4, 0.5) is 0 Å². The molecule has 0 atom stereocenters. The molecule has 0 radical (unpaired) electrons. The molecule has 2 aliphatic carbocycles. The van der Waals surface area contributed by atoms with E-state index >= 15 is 0 Å². The molecule has 0 saturated carbocycles. The molecule has 2 aliphatic rings. The van der Waals surface area contributed by atoms with E-state index in [4.69, 9.17) is 0 Å². The van der Waals surface area contributed by atoms with Crippen LogP contribution in [0.2, 0.25) is 0 Å². The Morgan fingerprint density at radius 2 is 1.24 bits per heavy atom. The fourth-order valence-electron chi connectivity index (χ4n) is 2.52. The van der Waals surface area contributed by atoms with Crippen molar-refractivity contribution < 1.29 is 9.59 Å². The van der Waals surface area contributed by atoms with Crippen LogP contribution in [0.25, 0.3) is 0 Å². The van der Waals surface area contributed by atoms with E-state index in [1.54, 1.807) is 18.4 Å². The molecule has 0 amide bonds. The first-order chi connectivity index (χ1) is 11.0. The van der Waals surface area contributed by atoms with Crippen LogP contribution in [0.5, 0.6) is 0 Å². The fourth-order valence-corrected chi connectivity index (χ4v) is 2.52. The van der Waals surface area contributed by atoms with Crippen LogP contribution in [0, 0.1) is 10.8 Å². The summed E-state index contributed by atoms with van der Waals surface area (Å²) in [7, 11) is 0. The Bertz CT molecular complexity index is 707. The van der Waals surface area contributed by atoms with E-state index in [9.17, 15) is 9.59 Å². The van der Waals surface area contributed by atoms with Crippen molar-refractivity contribution in [3.05, 3.63) is 59.4 Å². The number of ketones is 2. The number of hydrogen-bond donors (Lipinski definition) is 0. The molecular weight excluding hydrogens is 334 g/mol. The Labute approximate surface area is 156 Å².